The van der Waals surface area contributed by atoms with Crippen LogP contribution in [0, 0.1) is 0 Å². The molecule has 2 heterocycles. The Balaban J connectivity index is 1.78. The minimum atomic E-state index is 0.0404. The van der Waals surface area contributed by atoms with E-state index in [0.29, 0.717) is 31.0 Å². The molecule has 2 fully saturated rings. The molecule has 3 rings (SSSR count). The maximum atomic E-state index is 12.4. The van der Waals surface area contributed by atoms with Crippen molar-refractivity contribution in [1.82, 2.24) is 4.90 Å². The van der Waals surface area contributed by atoms with E-state index in [2.05, 4.69) is 0 Å². The van der Waals surface area contributed by atoms with Crippen molar-refractivity contribution < 1.29 is 13.9 Å². The molecule has 0 aromatic carbocycles. The van der Waals surface area contributed by atoms with Crippen LogP contribution in [0.1, 0.15) is 35.4 Å². The molecular weight excluding hydrogens is 232 g/mol. The zero-order valence-electron chi connectivity index (χ0n) is 10.3. The van der Waals surface area contributed by atoms with Crippen LogP contribution in [0.2, 0.25) is 0 Å². The molecule has 0 spiro atoms. The van der Waals surface area contributed by atoms with Gasteiger partial charge in [-0.3, -0.25) is 4.79 Å². The number of hydrogen-bond donors (Lipinski definition) is 1. The molecule has 1 saturated carbocycles. The molecular formula is C13H18N2O3. The molecule has 0 radical (unpaired) electrons. The molecule has 5 nitrogen and oxygen atoms in total. The second kappa shape index (κ2) is 4.74. The molecule has 5 heteroatoms. The average Bonchev–Trinajstić information content (AvgIpc) is 3.05. The van der Waals surface area contributed by atoms with Gasteiger partial charge in [0.25, 0.3) is 5.91 Å². The molecule has 2 unspecified atom stereocenters. The van der Waals surface area contributed by atoms with Crippen LogP contribution >= 0.6 is 0 Å². The summed E-state index contributed by atoms with van der Waals surface area (Å²) in [5, 5.41) is 0. The van der Waals surface area contributed by atoms with E-state index in [0.717, 1.165) is 19.3 Å². The molecule has 1 aromatic heterocycles. The zero-order valence-corrected chi connectivity index (χ0v) is 10.3. The second-order valence-electron chi connectivity index (χ2n) is 4.91. The third-order valence-electron chi connectivity index (χ3n) is 3.84. The highest BCUT2D eigenvalue weighted by molar-refractivity contribution is 5.94. The molecule has 1 aliphatic heterocycles. The van der Waals surface area contributed by atoms with E-state index in [4.69, 9.17) is 14.9 Å². The number of morpholine rings is 1. The van der Waals surface area contributed by atoms with E-state index in [9.17, 15) is 4.79 Å². The SMILES string of the molecule is NCc1cc(C(=O)N2CCOC3CCCC32)co1. The predicted molar refractivity (Wildman–Crippen MR) is 65.0 cm³/mol. The monoisotopic (exact) mass is 250 g/mol. The Bertz CT molecular complexity index is 443. The van der Waals surface area contributed by atoms with Crippen LogP contribution in [0.25, 0.3) is 0 Å². The van der Waals surface area contributed by atoms with Gasteiger partial charge in [-0.05, 0) is 25.3 Å². The summed E-state index contributed by atoms with van der Waals surface area (Å²) in [7, 11) is 0. The first-order valence-electron chi connectivity index (χ1n) is 6.49. The number of carbonyl (C=O) groups excluding carboxylic acids is 1. The van der Waals surface area contributed by atoms with Crippen LogP contribution in [0.3, 0.4) is 0 Å². The summed E-state index contributed by atoms with van der Waals surface area (Å²) in [6, 6.07) is 1.98. The molecule has 2 aliphatic rings. The molecule has 1 amide bonds. The zero-order chi connectivity index (χ0) is 12.5. The standard InChI is InChI=1S/C13H18N2O3/c14-7-10-6-9(8-18-10)13(16)15-4-5-17-12-3-1-2-11(12)15/h6,8,11-12H,1-5,7,14H2. The second-order valence-corrected chi connectivity index (χ2v) is 4.91. The number of amides is 1. The minimum Gasteiger partial charge on any atom is -0.467 e. The fourth-order valence-electron chi connectivity index (χ4n) is 2.94. The van der Waals surface area contributed by atoms with Gasteiger partial charge in [-0.2, -0.15) is 0 Å². The Labute approximate surface area is 106 Å². The van der Waals surface area contributed by atoms with E-state index in [1.165, 1.54) is 6.26 Å². The van der Waals surface area contributed by atoms with Crippen molar-refractivity contribution in [2.75, 3.05) is 13.2 Å². The highest BCUT2D eigenvalue weighted by atomic mass is 16.5. The van der Waals surface area contributed by atoms with Crippen molar-refractivity contribution in [3.8, 4) is 0 Å². The van der Waals surface area contributed by atoms with Gasteiger partial charge in [-0.1, -0.05) is 0 Å². The van der Waals surface area contributed by atoms with Crippen LogP contribution in [0.5, 0.6) is 0 Å². The van der Waals surface area contributed by atoms with Gasteiger partial charge >= 0.3 is 0 Å². The first-order chi connectivity index (χ1) is 8.79. The summed E-state index contributed by atoms with van der Waals surface area (Å²) < 4.78 is 10.9. The van der Waals surface area contributed by atoms with E-state index in [1.807, 2.05) is 4.90 Å². The van der Waals surface area contributed by atoms with Gasteiger partial charge < -0.3 is 19.8 Å². The normalized spacial score (nSPS) is 27.3. The van der Waals surface area contributed by atoms with Crippen molar-refractivity contribution in [2.45, 2.75) is 38.0 Å². The van der Waals surface area contributed by atoms with Crippen molar-refractivity contribution in [1.29, 1.82) is 0 Å². The molecule has 1 aromatic rings. The van der Waals surface area contributed by atoms with E-state index in [1.54, 1.807) is 6.07 Å². The Kier molecular flexibility index (Phi) is 3.09. The van der Waals surface area contributed by atoms with E-state index < -0.39 is 0 Å². The van der Waals surface area contributed by atoms with Gasteiger partial charge in [0.15, 0.2) is 0 Å². The fourth-order valence-corrected chi connectivity index (χ4v) is 2.94. The van der Waals surface area contributed by atoms with Gasteiger partial charge in [0, 0.05) is 6.54 Å². The number of fused-ring (bicyclic) bond motifs is 1. The predicted octanol–water partition coefficient (Wildman–Crippen LogP) is 1.13. The highest BCUT2D eigenvalue weighted by Gasteiger charge is 2.38. The number of carbonyl (C=O) groups is 1. The van der Waals surface area contributed by atoms with Gasteiger partial charge in [0.1, 0.15) is 12.0 Å². The van der Waals surface area contributed by atoms with Gasteiger partial charge in [0.2, 0.25) is 0 Å². The van der Waals surface area contributed by atoms with Crippen molar-refractivity contribution >= 4 is 5.91 Å². The number of ether oxygens (including phenoxy) is 1. The maximum absolute atomic E-state index is 12.4. The molecule has 2 atom stereocenters. The summed E-state index contributed by atoms with van der Waals surface area (Å²) in [4.78, 5) is 14.4. The number of rotatable bonds is 2. The number of nitrogens with two attached hydrogens (primary N) is 1. The first-order valence-corrected chi connectivity index (χ1v) is 6.49. The Morgan fingerprint density at radius 2 is 2.39 bits per heavy atom. The van der Waals surface area contributed by atoms with Crippen LogP contribution in [-0.4, -0.2) is 36.1 Å². The molecule has 1 saturated heterocycles. The summed E-state index contributed by atoms with van der Waals surface area (Å²) >= 11 is 0. The fraction of sp³-hybridized carbons (Fsp3) is 0.615. The summed E-state index contributed by atoms with van der Waals surface area (Å²) in [6.45, 7) is 1.63. The van der Waals surface area contributed by atoms with E-state index in [-0.39, 0.29) is 18.1 Å². The highest BCUT2D eigenvalue weighted by Crippen LogP contribution is 2.30. The summed E-state index contributed by atoms with van der Waals surface area (Å²) in [5.41, 5.74) is 6.09. The largest absolute Gasteiger partial charge is 0.467 e. The molecule has 1 aliphatic carbocycles. The Morgan fingerprint density at radius 1 is 1.50 bits per heavy atom. The van der Waals surface area contributed by atoms with Crippen molar-refractivity contribution in [3.63, 3.8) is 0 Å². The quantitative estimate of drug-likeness (QED) is 0.854. The van der Waals surface area contributed by atoms with Gasteiger partial charge in [-0.25, -0.2) is 0 Å². The lowest BCUT2D eigenvalue weighted by Crippen LogP contribution is -2.51. The van der Waals surface area contributed by atoms with Crippen LogP contribution in [0.4, 0.5) is 0 Å². The topological polar surface area (TPSA) is 68.7 Å². The van der Waals surface area contributed by atoms with Gasteiger partial charge in [-0.15, -0.1) is 0 Å². The smallest absolute Gasteiger partial charge is 0.257 e. The minimum absolute atomic E-state index is 0.0404. The number of nitrogens with zero attached hydrogens (tertiary/aromatic N) is 1. The molecule has 98 valence electrons. The van der Waals surface area contributed by atoms with Crippen LogP contribution < -0.4 is 5.73 Å². The Morgan fingerprint density at radius 3 is 3.17 bits per heavy atom. The third-order valence-corrected chi connectivity index (χ3v) is 3.84. The van der Waals surface area contributed by atoms with Crippen molar-refractivity contribution in [2.24, 2.45) is 5.73 Å². The molecule has 0 bridgehead atoms. The van der Waals surface area contributed by atoms with Crippen molar-refractivity contribution in [3.05, 3.63) is 23.7 Å². The maximum Gasteiger partial charge on any atom is 0.257 e. The number of hydrogen-bond acceptors (Lipinski definition) is 4. The average molecular weight is 250 g/mol. The molecule has 2 N–H and O–H groups in total. The van der Waals surface area contributed by atoms with Crippen LogP contribution in [-0.2, 0) is 11.3 Å². The van der Waals surface area contributed by atoms with Gasteiger partial charge in [0.05, 0.1) is 30.9 Å². The van der Waals surface area contributed by atoms with Crippen LogP contribution in [0.15, 0.2) is 16.7 Å². The number of furan rings is 1. The third kappa shape index (κ3) is 1.93. The lowest BCUT2D eigenvalue weighted by molar-refractivity contribution is -0.0445. The lowest BCUT2D eigenvalue weighted by Gasteiger charge is -2.37. The van der Waals surface area contributed by atoms with E-state index >= 15 is 0 Å². The summed E-state index contributed by atoms with van der Waals surface area (Å²) in [5.74, 6) is 0.688. The Hall–Kier alpha value is -1.33. The molecule has 18 heavy (non-hydrogen) atoms. The summed E-state index contributed by atoms with van der Waals surface area (Å²) in [6.07, 6.45) is 4.97. The lowest BCUT2D eigenvalue weighted by atomic mass is 10.1. The first kappa shape index (κ1) is 11.7.